The van der Waals surface area contributed by atoms with Crippen molar-refractivity contribution < 1.29 is 15.0 Å². The van der Waals surface area contributed by atoms with Crippen LogP contribution in [0.15, 0.2) is 11.4 Å². The molecule has 0 spiro atoms. The van der Waals surface area contributed by atoms with E-state index in [9.17, 15) is 15.0 Å². The molecule has 4 N–H and O–H groups in total. The normalized spacial score (nSPS) is 14.7. The smallest absolute Gasteiger partial charge is 0.249 e. The van der Waals surface area contributed by atoms with E-state index in [1.54, 1.807) is 0 Å². The maximum atomic E-state index is 10.8. The Morgan fingerprint density at radius 1 is 1.56 bits per heavy atom. The standard InChI is InChI=1S/C11H17NO3S/c1-2-3-4-7-5-6-16-10(7)8(13)9(14)11(12)15/h5-6,8-9,13-14H,2-4H2,1H3,(H2,12,15). The van der Waals surface area contributed by atoms with Crippen molar-refractivity contribution in [1.29, 1.82) is 0 Å². The molecule has 1 amide bonds. The fourth-order valence-corrected chi connectivity index (χ4v) is 2.45. The van der Waals surface area contributed by atoms with Crippen LogP contribution in [-0.2, 0) is 11.2 Å². The predicted octanol–water partition coefficient (Wildman–Crippen LogP) is 0.970. The number of aliphatic hydroxyl groups excluding tert-OH is 2. The summed E-state index contributed by atoms with van der Waals surface area (Å²) >= 11 is 1.34. The summed E-state index contributed by atoms with van der Waals surface area (Å²) in [6.45, 7) is 2.08. The number of hydrogen-bond donors (Lipinski definition) is 3. The van der Waals surface area contributed by atoms with E-state index >= 15 is 0 Å². The number of primary amides is 1. The van der Waals surface area contributed by atoms with E-state index in [-0.39, 0.29) is 0 Å². The Kier molecular flexibility index (Phi) is 4.92. The van der Waals surface area contributed by atoms with E-state index in [1.807, 2.05) is 11.4 Å². The average molecular weight is 243 g/mol. The molecule has 5 heteroatoms. The van der Waals surface area contributed by atoms with Crippen molar-refractivity contribution in [1.82, 2.24) is 0 Å². The first-order valence-electron chi connectivity index (χ1n) is 5.29. The van der Waals surface area contributed by atoms with Crippen molar-refractivity contribution >= 4 is 17.2 Å². The number of unbranched alkanes of at least 4 members (excludes halogenated alkanes) is 1. The van der Waals surface area contributed by atoms with Crippen molar-refractivity contribution in [3.8, 4) is 0 Å². The maximum absolute atomic E-state index is 10.8. The zero-order valence-electron chi connectivity index (χ0n) is 9.22. The molecule has 0 aliphatic heterocycles. The SMILES string of the molecule is CCCCc1ccsc1C(O)C(O)C(N)=O. The minimum Gasteiger partial charge on any atom is -0.384 e. The Morgan fingerprint density at radius 3 is 2.81 bits per heavy atom. The van der Waals surface area contributed by atoms with E-state index in [0.717, 1.165) is 24.8 Å². The highest BCUT2D eigenvalue weighted by Crippen LogP contribution is 2.28. The lowest BCUT2D eigenvalue weighted by atomic mass is 10.0. The van der Waals surface area contributed by atoms with E-state index in [1.165, 1.54) is 11.3 Å². The Bertz CT molecular complexity index is 351. The molecule has 16 heavy (non-hydrogen) atoms. The number of hydrogen-bond acceptors (Lipinski definition) is 4. The zero-order valence-corrected chi connectivity index (χ0v) is 10.0. The Balaban J connectivity index is 2.78. The van der Waals surface area contributed by atoms with Crippen LogP contribution in [0.4, 0.5) is 0 Å². The van der Waals surface area contributed by atoms with Gasteiger partial charge in [-0.1, -0.05) is 13.3 Å². The first-order valence-corrected chi connectivity index (χ1v) is 6.17. The summed E-state index contributed by atoms with van der Waals surface area (Å²) in [6.07, 6.45) is 0.188. The molecule has 0 bridgehead atoms. The molecule has 1 heterocycles. The molecule has 0 saturated heterocycles. The molecule has 2 unspecified atom stereocenters. The van der Waals surface area contributed by atoms with E-state index in [0.29, 0.717) is 4.88 Å². The van der Waals surface area contributed by atoms with Crippen LogP contribution < -0.4 is 5.73 Å². The summed E-state index contributed by atoms with van der Waals surface area (Å²) in [4.78, 5) is 11.4. The van der Waals surface area contributed by atoms with Gasteiger partial charge in [-0.15, -0.1) is 11.3 Å². The summed E-state index contributed by atoms with van der Waals surface area (Å²) in [5.74, 6) is -0.901. The molecule has 90 valence electrons. The van der Waals surface area contributed by atoms with Crippen LogP contribution in [0.2, 0.25) is 0 Å². The summed E-state index contributed by atoms with van der Waals surface area (Å²) in [5, 5.41) is 21.0. The molecule has 0 aliphatic carbocycles. The minimum atomic E-state index is -1.53. The number of thiophene rings is 1. The van der Waals surface area contributed by atoms with Crippen LogP contribution in [-0.4, -0.2) is 22.2 Å². The maximum Gasteiger partial charge on any atom is 0.249 e. The number of aryl methyl sites for hydroxylation is 1. The summed E-state index contributed by atoms with van der Waals surface area (Å²) in [7, 11) is 0. The highest BCUT2D eigenvalue weighted by Gasteiger charge is 2.26. The first kappa shape index (κ1) is 13.2. The molecule has 1 aromatic rings. The van der Waals surface area contributed by atoms with Crippen molar-refractivity contribution in [2.24, 2.45) is 5.73 Å². The van der Waals surface area contributed by atoms with E-state index in [2.05, 4.69) is 6.92 Å². The molecule has 1 aromatic heterocycles. The lowest BCUT2D eigenvalue weighted by molar-refractivity contribution is -0.131. The van der Waals surface area contributed by atoms with Crippen LogP contribution in [0.5, 0.6) is 0 Å². The molecule has 2 atom stereocenters. The molecule has 0 aromatic carbocycles. The van der Waals surface area contributed by atoms with Gasteiger partial charge < -0.3 is 15.9 Å². The fraction of sp³-hybridized carbons (Fsp3) is 0.545. The summed E-state index contributed by atoms with van der Waals surface area (Å²) in [6, 6.07) is 1.91. The fourth-order valence-electron chi connectivity index (χ4n) is 1.48. The summed E-state index contributed by atoms with van der Waals surface area (Å²) in [5.41, 5.74) is 5.93. The van der Waals surface area contributed by atoms with Crippen LogP contribution in [0, 0.1) is 0 Å². The van der Waals surface area contributed by atoms with Gasteiger partial charge in [0, 0.05) is 4.88 Å². The number of nitrogens with two attached hydrogens (primary N) is 1. The van der Waals surface area contributed by atoms with Crippen molar-refractivity contribution in [3.05, 3.63) is 21.9 Å². The lowest BCUT2D eigenvalue weighted by Gasteiger charge is -2.15. The van der Waals surface area contributed by atoms with Crippen LogP contribution in [0.1, 0.15) is 36.3 Å². The Labute approximate surface area is 98.7 Å². The zero-order chi connectivity index (χ0) is 12.1. The van der Waals surface area contributed by atoms with Gasteiger partial charge in [0.2, 0.25) is 5.91 Å². The van der Waals surface area contributed by atoms with Gasteiger partial charge in [-0.3, -0.25) is 4.79 Å². The lowest BCUT2D eigenvalue weighted by Crippen LogP contribution is -2.33. The first-order chi connectivity index (χ1) is 7.57. The molecular weight excluding hydrogens is 226 g/mol. The van der Waals surface area contributed by atoms with Crippen molar-refractivity contribution in [2.75, 3.05) is 0 Å². The van der Waals surface area contributed by atoms with Gasteiger partial charge in [0.1, 0.15) is 6.10 Å². The third kappa shape index (κ3) is 3.04. The second kappa shape index (κ2) is 5.98. The third-order valence-corrected chi connectivity index (χ3v) is 3.47. The average Bonchev–Trinajstić information content (AvgIpc) is 2.72. The number of carbonyl (C=O) groups is 1. The minimum absolute atomic E-state index is 0.639. The van der Waals surface area contributed by atoms with Gasteiger partial charge in [0.15, 0.2) is 6.10 Å². The highest BCUT2D eigenvalue weighted by molar-refractivity contribution is 7.10. The van der Waals surface area contributed by atoms with Crippen LogP contribution in [0.25, 0.3) is 0 Å². The van der Waals surface area contributed by atoms with E-state index < -0.39 is 18.1 Å². The van der Waals surface area contributed by atoms with Gasteiger partial charge in [-0.05, 0) is 29.9 Å². The number of rotatable bonds is 6. The second-order valence-electron chi connectivity index (χ2n) is 3.71. The number of amides is 1. The van der Waals surface area contributed by atoms with Crippen molar-refractivity contribution in [2.45, 2.75) is 38.4 Å². The number of carbonyl (C=O) groups excluding carboxylic acids is 1. The third-order valence-electron chi connectivity index (χ3n) is 2.44. The highest BCUT2D eigenvalue weighted by atomic mass is 32.1. The van der Waals surface area contributed by atoms with Gasteiger partial charge in [-0.2, -0.15) is 0 Å². The quantitative estimate of drug-likeness (QED) is 0.696. The van der Waals surface area contributed by atoms with Crippen LogP contribution >= 0.6 is 11.3 Å². The van der Waals surface area contributed by atoms with Gasteiger partial charge >= 0.3 is 0 Å². The largest absolute Gasteiger partial charge is 0.384 e. The number of aliphatic hydroxyl groups is 2. The molecule has 0 fully saturated rings. The Morgan fingerprint density at radius 2 is 2.25 bits per heavy atom. The second-order valence-corrected chi connectivity index (χ2v) is 4.65. The molecule has 0 radical (unpaired) electrons. The molecule has 1 rings (SSSR count). The topological polar surface area (TPSA) is 83.6 Å². The predicted molar refractivity (Wildman–Crippen MR) is 63.1 cm³/mol. The molecule has 4 nitrogen and oxygen atoms in total. The van der Waals surface area contributed by atoms with Crippen LogP contribution in [0.3, 0.4) is 0 Å². The summed E-state index contributed by atoms with van der Waals surface area (Å²) < 4.78 is 0. The van der Waals surface area contributed by atoms with Crippen molar-refractivity contribution in [3.63, 3.8) is 0 Å². The van der Waals surface area contributed by atoms with Gasteiger partial charge in [0.05, 0.1) is 0 Å². The molecular formula is C11H17NO3S. The van der Waals surface area contributed by atoms with Gasteiger partial charge in [0.25, 0.3) is 0 Å². The molecule has 0 aliphatic rings. The van der Waals surface area contributed by atoms with E-state index in [4.69, 9.17) is 5.73 Å². The Hall–Kier alpha value is -0.910. The molecule has 0 saturated carbocycles. The monoisotopic (exact) mass is 243 g/mol. The van der Waals surface area contributed by atoms with Gasteiger partial charge in [-0.25, -0.2) is 0 Å².